The first-order valence-corrected chi connectivity index (χ1v) is 5.52. The Labute approximate surface area is 98.0 Å². The summed E-state index contributed by atoms with van der Waals surface area (Å²) in [6, 6.07) is -1.35. The molecule has 1 rings (SSSR count). The number of amides is 1. The van der Waals surface area contributed by atoms with Crippen LogP contribution in [0.25, 0.3) is 0 Å². The van der Waals surface area contributed by atoms with Gasteiger partial charge in [0, 0.05) is 12.2 Å². The summed E-state index contributed by atoms with van der Waals surface area (Å²) in [6.07, 6.45) is 1.29. The topological polar surface area (TPSA) is 78.4 Å². The number of thiol groups is 1. The van der Waals surface area contributed by atoms with Gasteiger partial charge in [0.1, 0.15) is 12.1 Å². The van der Waals surface area contributed by atoms with Crippen LogP contribution in [0.1, 0.15) is 12.8 Å². The number of carbonyl (C=O) groups excluding carboxylic acids is 1. The minimum atomic E-state index is -1.08. The summed E-state index contributed by atoms with van der Waals surface area (Å²) in [6.45, 7) is 0. The molecule has 1 fully saturated rings. The quantitative estimate of drug-likeness (QED) is 0.401. The van der Waals surface area contributed by atoms with Gasteiger partial charge in [0.25, 0.3) is 0 Å². The van der Waals surface area contributed by atoms with Crippen LogP contribution in [0.5, 0.6) is 0 Å². The highest BCUT2D eigenvalue weighted by Gasteiger charge is 2.28. The highest BCUT2D eigenvalue weighted by molar-refractivity contribution is 7.80. The lowest BCUT2D eigenvalue weighted by Gasteiger charge is -2.15. The van der Waals surface area contributed by atoms with Crippen molar-refractivity contribution in [2.45, 2.75) is 24.9 Å². The highest BCUT2D eigenvalue weighted by Crippen LogP contribution is 2.08. The molecule has 2 atom stereocenters. The number of carbonyl (C=O) groups is 2. The van der Waals surface area contributed by atoms with Crippen LogP contribution in [0.2, 0.25) is 0 Å². The van der Waals surface area contributed by atoms with Crippen molar-refractivity contribution in [3.05, 3.63) is 0 Å². The Morgan fingerprint density at radius 3 is 2.80 bits per heavy atom. The van der Waals surface area contributed by atoms with Crippen LogP contribution in [-0.2, 0) is 9.59 Å². The normalized spacial score (nSPS) is 21.9. The Balaban J connectivity index is 2.47. The molecule has 0 aromatic heterocycles. The molecule has 3 N–H and O–H groups in total. The molecular formula is C8H12N2O3S2. The van der Waals surface area contributed by atoms with E-state index in [1.165, 1.54) is 0 Å². The molecule has 0 aromatic carbocycles. The molecule has 7 heteroatoms. The lowest BCUT2D eigenvalue weighted by atomic mass is 10.2. The Hall–Kier alpha value is -0.820. The summed E-state index contributed by atoms with van der Waals surface area (Å²) in [5, 5.41) is 13.9. The summed E-state index contributed by atoms with van der Waals surface area (Å²) < 4.78 is 0. The van der Waals surface area contributed by atoms with Crippen LogP contribution in [0.15, 0.2) is 0 Å². The van der Waals surface area contributed by atoms with Gasteiger partial charge in [0.05, 0.1) is 4.99 Å². The zero-order chi connectivity index (χ0) is 11.4. The number of nitrogens with one attached hydrogen (secondary N) is 2. The van der Waals surface area contributed by atoms with E-state index in [9.17, 15) is 9.59 Å². The molecule has 84 valence electrons. The van der Waals surface area contributed by atoms with E-state index in [4.69, 9.17) is 17.3 Å². The molecule has 1 amide bonds. The molecule has 0 spiro atoms. The van der Waals surface area contributed by atoms with E-state index >= 15 is 0 Å². The van der Waals surface area contributed by atoms with Crippen LogP contribution >= 0.6 is 24.8 Å². The SMILES string of the molecule is O=C(O)C(CS)NC(=O)C1CCC(=S)N1. The van der Waals surface area contributed by atoms with E-state index in [-0.39, 0.29) is 11.7 Å². The number of hydrogen-bond acceptors (Lipinski definition) is 4. The third-order valence-electron chi connectivity index (χ3n) is 2.11. The van der Waals surface area contributed by atoms with Crippen molar-refractivity contribution in [1.29, 1.82) is 0 Å². The van der Waals surface area contributed by atoms with Gasteiger partial charge >= 0.3 is 5.97 Å². The van der Waals surface area contributed by atoms with Crippen molar-refractivity contribution in [1.82, 2.24) is 10.6 Å². The van der Waals surface area contributed by atoms with E-state index in [2.05, 4.69) is 23.3 Å². The molecule has 1 aliphatic heterocycles. The molecule has 0 saturated carbocycles. The van der Waals surface area contributed by atoms with Gasteiger partial charge in [-0.2, -0.15) is 12.6 Å². The molecule has 0 aliphatic carbocycles. The Kier molecular flexibility index (Phi) is 4.34. The maximum Gasteiger partial charge on any atom is 0.327 e. The number of aliphatic carboxylic acids is 1. The Morgan fingerprint density at radius 1 is 1.73 bits per heavy atom. The minimum absolute atomic E-state index is 0.0677. The Bertz CT molecular complexity index is 296. The van der Waals surface area contributed by atoms with Crippen molar-refractivity contribution < 1.29 is 14.7 Å². The fourth-order valence-electron chi connectivity index (χ4n) is 1.27. The van der Waals surface area contributed by atoms with Crippen LogP contribution in [0, 0.1) is 0 Å². The molecule has 0 aromatic rings. The van der Waals surface area contributed by atoms with Gasteiger partial charge in [-0.05, 0) is 6.42 Å². The van der Waals surface area contributed by atoms with E-state index < -0.39 is 18.1 Å². The molecule has 0 radical (unpaired) electrons. The third kappa shape index (κ3) is 3.35. The van der Waals surface area contributed by atoms with E-state index in [0.717, 1.165) is 0 Å². The number of carboxylic acids is 1. The van der Waals surface area contributed by atoms with E-state index in [0.29, 0.717) is 17.8 Å². The predicted molar refractivity (Wildman–Crippen MR) is 62.2 cm³/mol. The first-order chi connectivity index (χ1) is 7.04. The largest absolute Gasteiger partial charge is 0.480 e. The molecule has 5 nitrogen and oxygen atoms in total. The molecule has 15 heavy (non-hydrogen) atoms. The van der Waals surface area contributed by atoms with E-state index in [1.54, 1.807) is 0 Å². The van der Waals surface area contributed by atoms with Gasteiger partial charge in [-0.25, -0.2) is 4.79 Å². The summed E-state index contributed by atoms with van der Waals surface area (Å²) in [4.78, 5) is 22.8. The Morgan fingerprint density at radius 2 is 2.40 bits per heavy atom. The molecular weight excluding hydrogens is 236 g/mol. The number of carboxylic acid groups (broad SMARTS) is 1. The van der Waals surface area contributed by atoms with E-state index in [1.807, 2.05) is 0 Å². The summed E-state index contributed by atoms with van der Waals surface area (Å²) >= 11 is 8.73. The first kappa shape index (κ1) is 12.3. The maximum atomic E-state index is 11.5. The van der Waals surface area contributed by atoms with Gasteiger partial charge in [0.2, 0.25) is 5.91 Å². The lowest BCUT2D eigenvalue weighted by Crippen LogP contribution is -2.49. The smallest absolute Gasteiger partial charge is 0.327 e. The second kappa shape index (κ2) is 5.32. The fraction of sp³-hybridized carbons (Fsp3) is 0.625. The van der Waals surface area contributed by atoms with Crippen LogP contribution < -0.4 is 10.6 Å². The number of rotatable bonds is 4. The lowest BCUT2D eigenvalue weighted by molar-refractivity contribution is -0.141. The predicted octanol–water partition coefficient (Wildman–Crippen LogP) is -0.435. The monoisotopic (exact) mass is 248 g/mol. The van der Waals surface area contributed by atoms with Crippen LogP contribution in [0.3, 0.4) is 0 Å². The standard InChI is InChI=1S/C8H12N2O3S2/c11-7(4-1-2-6(15)9-4)10-5(3-14)8(12)13/h4-5,14H,1-3H2,(H,9,15)(H,10,11)(H,12,13). The minimum Gasteiger partial charge on any atom is -0.480 e. The molecule has 1 saturated heterocycles. The van der Waals surface area contributed by atoms with Crippen molar-refractivity contribution >= 4 is 41.7 Å². The molecule has 1 aliphatic rings. The van der Waals surface area contributed by atoms with Crippen molar-refractivity contribution in [3.8, 4) is 0 Å². The van der Waals surface area contributed by atoms with Crippen molar-refractivity contribution in [2.24, 2.45) is 0 Å². The van der Waals surface area contributed by atoms with Gasteiger partial charge in [-0.1, -0.05) is 12.2 Å². The maximum absolute atomic E-state index is 11.5. The van der Waals surface area contributed by atoms with Crippen LogP contribution in [0.4, 0.5) is 0 Å². The van der Waals surface area contributed by atoms with Gasteiger partial charge in [0.15, 0.2) is 0 Å². The molecule has 2 unspecified atom stereocenters. The molecule has 1 heterocycles. The zero-order valence-electron chi connectivity index (χ0n) is 7.90. The molecule has 0 bridgehead atoms. The van der Waals surface area contributed by atoms with Crippen molar-refractivity contribution in [2.75, 3.05) is 5.75 Å². The van der Waals surface area contributed by atoms with Crippen LogP contribution in [-0.4, -0.2) is 39.8 Å². The number of thiocarbonyl (C=S) groups is 1. The first-order valence-electron chi connectivity index (χ1n) is 4.48. The summed E-state index contributed by atoms with van der Waals surface area (Å²) in [5.41, 5.74) is 0. The van der Waals surface area contributed by atoms with Gasteiger partial charge < -0.3 is 15.7 Å². The summed E-state index contributed by atoms with van der Waals surface area (Å²) in [7, 11) is 0. The zero-order valence-corrected chi connectivity index (χ0v) is 9.61. The van der Waals surface area contributed by atoms with Gasteiger partial charge in [-0.3, -0.25) is 4.79 Å². The fourth-order valence-corrected chi connectivity index (χ4v) is 1.78. The van der Waals surface area contributed by atoms with Crippen molar-refractivity contribution in [3.63, 3.8) is 0 Å². The third-order valence-corrected chi connectivity index (χ3v) is 2.80. The second-order valence-corrected chi connectivity index (χ2v) is 4.10. The second-order valence-electron chi connectivity index (χ2n) is 3.24. The average Bonchev–Trinajstić information content (AvgIpc) is 2.60. The number of hydrogen-bond donors (Lipinski definition) is 4. The average molecular weight is 248 g/mol. The summed E-state index contributed by atoms with van der Waals surface area (Å²) in [5.74, 6) is -1.35. The highest BCUT2D eigenvalue weighted by atomic mass is 32.1. The van der Waals surface area contributed by atoms with Gasteiger partial charge in [-0.15, -0.1) is 0 Å².